The van der Waals surface area contributed by atoms with Crippen molar-refractivity contribution in [2.24, 2.45) is 0 Å². The molecule has 0 aliphatic carbocycles. The van der Waals surface area contributed by atoms with Crippen LogP contribution in [0.25, 0.3) is 0 Å². The summed E-state index contributed by atoms with van der Waals surface area (Å²) in [5, 5.41) is 3.05. The van der Waals surface area contributed by atoms with Gasteiger partial charge in [-0.1, -0.05) is 28.1 Å². The predicted octanol–water partition coefficient (Wildman–Crippen LogP) is 2.86. The molecule has 1 aliphatic rings. The van der Waals surface area contributed by atoms with E-state index >= 15 is 0 Å². The maximum atomic E-state index is 12.5. The highest BCUT2D eigenvalue weighted by atomic mass is 79.9. The Bertz CT molecular complexity index is 895. The Morgan fingerprint density at radius 2 is 1.81 bits per heavy atom. The predicted molar refractivity (Wildman–Crippen MR) is 102 cm³/mol. The number of nitrogens with one attached hydrogen (secondary N) is 1. The van der Waals surface area contributed by atoms with Crippen LogP contribution in [-0.4, -0.2) is 54.7 Å². The molecule has 0 radical (unpaired) electrons. The van der Waals surface area contributed by atoms with Crippen LogP contribution in [0, 0.1) is 0 Å². The van der Waals surface area contributed by atoms with E-state index in [1.807, 2.05) is 14.1 Å². The summed E-state index contributed by atoms with van der Waals surface area (Å²) in [5.41, 5.74) is 2.04. The number of rotatable bonds is 6. The van der Waals surface area contributed by atoms with Crippen molar-refractivity contribution in [3.05, 3.63) is 63.6 Å². The summed E-state index contributed by atoms with van der Waals surface area (Å²) in [7, 11) is 3.67. The molecule has 7 heteroatoms. The molecule has 0 aromatic heterocycles. The van der Waals surface area contributed by atoms with Gasteiger partial charge in [0.2, 0.25) is 0 Å². The van der Waals surface area contributed by atoms with E-state index in [1.165, 1.54) is 0 Å². The molecular formula is C19H18BrN3O3. The van der Waals surface area contributed by atoms with Crippen LogP contribution in [0.15, 0.2) is 46.9 Å². The highest BCUT2D eigenvalue weighted by molar-refractivity contribution is 9.10. The summed E-state index contributed by atoms with van der Waals surface area (Å²) < 4.78 is 0.749. The number of likely N-dealkylation sites (N-methyl/N-ethyl adjacent to an activating group) is 1. The SMILES string of the molecule is CN(C)CC(=O)c1cccc(NCN2C(=O)c3ccc(Br)cc3C2=O)c1. The third-order valence-corrected chi connectivity index (χ3v) is 4.51. The van der Waals surface area contributed by atoms with Crippen LogP contribution < -0.4 is 5.32 Å². The van der Waals surface area contributed by atoms with Gasteiger partial charge in [-0.3, -0.25) is 19.3 Å². The number of carbonyl (C=O) groups excluding carboxylic acids is 3. The fourth-order valence-corrected chi connectivity index (χ4v) is 3.12. The molecule has 1 N–H and O–H groups in total. The third kappa shape index (κ3) is 3.68. The third-order valence-electron chi connectivity index (χ3n) is 4.02. The maximum absolute atomic E-state index is 12.5. The number of benzene rings is 2. The molecular weight excluding hydrogens is 398 g/mol. The van der Waals surface area contributed by atoms with Gasteiger partial charge >= 0.3 is 0 Å². The van der Waals surface area contributed by atoms with Gasteiger partial charge in [-0.25, -0.2) is 0 Å². The molecule has 0 unspecified atom stereocenters. The van der Waals surface area contributed by atoms with Crippen LogP contribution in [0.3, 0.4) is 0 Å². The highest BCUT2D eigenvalue weighted by Gasteiger charge is 2.35. The molecule has 6 nitrogen and oxygen atoms in total. The first-order valence-corrected chi connectivity index (χ1v) is 8.83. The van der Waals surface area contributed by atoms with Crippen LogP contribution in [-0.2, 0) is 0 Å². The van der Waals surface area contributed by atoms with E-state index < -0.39 is 0 Å². The van der Waals surface area contributed by atoms with Crippen molar-refractivity contribution in [3.63, 3.8) is 0 Å². The lowest BCUT2D eigenvalue weighted by molar-refractivity contribution is 0.0665. The summed E-state index contributed by atoms with van der Waals surface area (Å²) in [6.45, 7) is 0.353. The first kappa shape index (κ1) is 18.3. The molecule has 0 atom stereocenters. The lowest BCUT2D eigenvalue weighted by atomic mass is 10.1. The Morgan fingerprint density at radius 3 is 2.54 bits per heavy atom. The van der Waals surface area contributed by atoms with Crippen LogP contribution in [0.5, 0.6) is 0 Å². The number of anilines is 1. The molecule has 3 rings (SSSR count). The maximum Gasteiger partial charge on any atom is 0.263 e. The minimum absolute atomic E-state index is 0.00392. The monoisotopic (exact) mass is 415 g/mol. The van der Waals surface area contributed by atoms with Crippen molar-refractivity contribution < 1.29 is 14.4 Å². The smallest absolute Gasteiger partial charge is 0.263 e. The van der Waals surface area contributed by atoms with Crippen molar-refractivity contribution >= 4 is 39.2 Å². The Balaban J connectivity index is 1.71. The number of nitrogens with zero attached hydrogens (tertiary/aromatic N) is 2. The van der Waals surface area contributed by atoms with Gasteiger partial charge in [0.15, 0.2) is 5.78 Å². The van der Waals surface area contributed by atoms with E-state index in [0.29, 0.717) is 28.9 Å². The quantitative estimate of drug-likeness (QED) is 0.580. The number of Topliss-reactive ketones (excluding diaryl/α,β-unsaturated/α-hetero) is 1. The van der Waals surface area contributed by atoms with Crippen molar-refractivity contribution in [2.75, 3.05) is 32.6 Å². The van der Waals surface area contributed by atoms with Gasteiger partial charge in [0.05, 0.1) is 24.3 Å². The number of halogens is 1. The minimum Gasteiger partial charge on any atom is -0.367 e. The number of hydrogen-bond donors (Lipinski definition) is 1. The Kier molecular flexibility index (Phi) is 5.20. The molecule has 1 aliphatic heterocycles. The molecule has 0 fully saturated rings. The van der Waals surface area contributed by atoms with Gasteiger partial charge in [-0.05, 0) is 44.4 Å². The molecule has 0 saturated carbocycles. The van der Waals surface area contributed by atoms with Gasteiger partial charge in [-0.15, -0.1) is 0 Å². The highest BCUT2D eigenvalue weighted by Crippen LogP contribution is 2.26. The summed E-state index contributed by atoms with van der Waals surface area (Å²) >= 11 is 3.31. The Morgan fingerprint density at radius 1 is 1.08 bits per heavy atom. The van der Waals surface area contributed by atoms with E-state index in [0.717, 1.165) is 9.37 Å². The zero-order chi connectivity index (χ0) is 18.8. The van der Waals surface area contributed by atoms with Gasteiger partial charge in [-0.2, -0.15) is 0 Å². The largest absolute Gasteiger partial charge is 0.367 e. The molecule has 2 aromatic carbocycles. The van der Waals surface area contributed by atoms with Gasteiger partial charge < -0.3 is 10.2 Å². The number of hydrogen-bond acceptors (Lipinski definition) is 5. The summed E-state index contributed by atoms with van der Waals surface area (Å²) in [6, 6.07) is 12.1. The average molecular weight is 416 g/mol. The lowest BCUT2D eigenvalue weighted by Gasteiger charge is -2.16. The number of fused-ring (bicyclic) bond motifs is 1. The van der Waals surface area contributed by atoms with E-state index in [4.69, 9.17) is 0 Å². The number of ketones is 1. The first-order valence-electron chi connectivity index (χ1n) is 8.04. The number of amides is 2. The van der Waals surface area contributed by atoms with E-state index in [-0.39, 0.29) is 24.3 Å². The molecule has 134 valence electrons. The van der Waals surface area contributed by atoms with E-state index in [2.05, 4.69) is 21.2 Å². The van der Waals surface area contributed by atoms with Crippen LogP contribution in [0.4, 0.5) is 5.69 Å². The van der Waals surface area contributed by atoms with Gasteiger partial charge in [0.25, 0.3) is 11.8 Å². The van der Waals surface area contributed by atoms with Gasteiger partial charge in [0, 0.05) is 15.7 Å². The fourth-order valence-electron chi connectivity index (χ4n) is 2.76. The Hall–Kier alpha value is -2.51. The second-order valence-corrected chi connectivity index (χ2v) is 7.22. The first-order chi connectivity index (χ1) is 12.4. The normalized spacial score (nSPS) is 13.3. The van der Waals surface area contributed by atoms with Crippen LogP contribution in [0.1, 0.15) is 31.1 Å². The fraction of sp³-hybridized carbons (Fsp3) is 0.211. The zero-order valence-corrected chi connectivity index (χ0v) is 16.0. The molecule has 2 aromatic rings. The molecule has 0 bridgehead atoms. The van der Waals surface area contributed by atoms with Crippen molar-refractivity contribution in [2.45, 2.75) is 0 Å². The molecule has 0 spiro atoms. The summed E-state index contributed by atoms with van der Waals surface area (Å²) in [6.07, 6.45) is 0. The second kappa shape index (κ2) is 7.39. The molecule has 2 amide bonds. The second-order valence-electron chi connectivity index (χ2n) is 6.30. The summed E-state index contributed by atoms with van der Waals surface area (Å²) in [5.74, 6) is -0.660. The average Bonchev–Trinajstić information content (AvgIpc) is 2.83. The number of imide groups is 1. The van der Waals surface area contributed by atoms with E-state index in [1.54, 1.807) is 47.4 Å². The van der Waals surface area contributed by atoms with Crippen LogP contribution >= 0.6 is 15.9 Å². The zero-order valence-electron chi connectivity index (χ0n) is 14.5. The minimum atomic E-state index is -0.335. The standard InChI is InChI=1S/C19H18BrN3O3/c1-22(2)10-17(24)12-4-3-5-14(8-12)21-11-23-18(25)15-7-6-13(20)9-16(15)19(23)26/h3-9,21H,10-11H2,1-2H3. The topological polar surface area (TPSA) is 69.7 Å². The molecule has 1 heterocycles. The number of carbonyl (C=O) groups is 3. The molecule has 0 saturated heterocycles. The van der Waals surface area contributed by atoms with Crippen molar-refractivity contribution in [1.29, 1.82) is 0 Å². The van der Waals surface area contributed by atoms with Crippen molar-refractivity contribution in [1.82, 2.24) is 9.80 Å². The lowest BCUT2D eigenvalue weighted by Crippen LogP contribution is -2.34. The van der Waals surface area contributed by atoms with E-state index in [9.17, 15) is 14.4 Å². The van der Waals surface area contributed by atoms with Gasteiger partial charge in [0.1, 0.15) is 0 Å². The molecule has 26 heavy (non-hydrogen) atoms. The van der Waals surface area contributed by atoms with Crippen molar-refractivity contribution in [3.8, 4) is 0 Å². The Labute approximate surface area is 159 Å². The summed E-state index contributed by atoms with van der Waals surface area (Å²) in [4.78, 5) is 40.0. The van der Waals surface area contributed by atoms with Crippen LogP contribution in [0.2, 0.25) is 0 Å².